The number of hydrogen-bond acceptors (Lipinski definition) is 6. The second kappa shape index (κ2) is 8.39. The van der Waals surface area contributed by atoms with E-state index in [2.05, 4.69) is 10.3 Å². The van der Waals surface area contributed by atoms with E-state index in [4.69, 9.17) is 27.9 Å². The van der Waals surface area contributed by atoms with Crippen molar-refractivity contribution in [3.05, 3.63) is 52.0 Å². The molecule has 0 saturated carbocycles. The molecule has 0 radical (unpaired) electrons. The van der Waals surface area contributed by atoms with Crippen molar-refractivity contribution in [1.82, 2.24) is 10.3 Å². The highest BCUT2D eigenvalue weighted by molar-refractivity contribution is 8.00. The average molecular weight is 372 g/mol. The van der Waals surface area contributed by atoms with Gasteiger partial charge in [0.15, 0.2) is 0 Å². The highest BCUT2D eigenvalue weighted by atomic mass is 35.5. The Labute approximate surface area is 154 Å². The van der Waals surface area contributed by atoms with Crippen molar-refractivity contribution in [2.75, 3.05) is 11.5 Å². The first-order chi connectivity index (χ1) is 11.9. The van der Waals surface area contributed by atoms with Gasteiger partial charge in [-0.2, -0.15) is 10.5 Å². The smallest absolute Gasteiger partial charge is 0.230 e. The van der Waals surface area contributed by atoms with Gasteiger partial charge in [0.25, 0.3) is 0 Å². The number of carbonyl (C=O) groups is 1. The zero-order valence-electron chi connectivity index (χ0n) is 13.3. The molecule has 1 amide bonds. The number of halogens is 1. The van der Waals surface area contributed by atoms with Crippen molar-refractivity contribution >= 4 is 35.1 Å². The first kappa shape index (κ1) is 18.6. The summed E-state index contributed by atoms with van der Waals surface area (Å²) in [7, 11) is 0. The Hall–Kier alpha value is -2.74. The summed E-state index contributed by atoms with van der Waals surface area (Å²) in [6.07, 6.45) is 0. The summed E-state index contributed by atoms with van der Waals surface area (Å²) < 4.78 is 0. The maximum atomic E-state index is 12.1. The van der Waals surface area contributed by atoms with Gasteiger partial charge in [-0.05, 0) is 30.7 Å². The molecule has 0 unspecified atom stereocenters. The largest absolute Gasteiger partial charge is 0.383 e. The molecule has 25 heavy (non-hydrogen) atoms. The number of benzene rings is 1. The summed E-state index contributed by atoms with van der Waals surface area (Å²) in [6.45, 7) is 1.87. The molecule has 6 nitrogen and oxygen atoms in total. The highest BCUT2D eigenvalue weighted by Gasteiger charge is 2.14. The fraction of sp³-hybridized carbons (Fsp3) is 0.176. The van der Waals surface area contributed by atoms with Crippen molar-refractivity contribution in [3.63, 3.8) is 0 Å². The fourth-order valence-electron chi connectivity index (χ4n) is 2.04. The van der Waals surface area contributed by atoms with Crippen LogP contribution in [0.5, 0.6) is 0 Å². The van der Waals surface area contributed by atoms with Crippen LogP contribution in [-0.4, -0.2) is 16.6 Å². The van der Waals surface area contributed by atoms with Crippen molar-refractivity contribution in [2.45, 2.75) is 18.0 Å². The SMILES string of the molecule is C[C@@H](NC(=O)CSc1nc(N)c(C#N)cc1C#N)c1ccc(Cl)cc1. The Bertz CT molecular complexity index is 870. The van der Waals surface area contributed by atoms with Crippen LogP contribution in [0, 0.1) is 22.7 Å². The molecular weight excluding hydrogens is 358 g/mol. The Morgan fingerprint density at radius 2 is 1.96 bits per heavy atom. The number of hydrogen-bond donors (Lipinski definition) is 2. The number of anilines is 1. The predicted octanol–water partition coefficient (Wildman–Crippen LogP) is 3.03. The molecule has 0 fully saturated rings. The molecule has 8 heteroatoms. The number of nitriles is 2. The van der Waals surface area contributed by atoms with Crippen LogP contribution in [0.3, 0.4) is 0 Å². The molecule has 1 aromatic heterocycles. The molecule has 1 heterocycles. The van der Waals surface area contributed by atoms with Crippen LogP contribution in [0.15, 0.2) is 35.4 Å². The first-order valence-corrected chi connectivity index (χ1v) is 8.59. The standard InChI is InChI=1S/C17H14ClN5OS/c1-10(11-2-4-14(18)5-3-11)22-15(24)9-25-17-13(8-20)6-12(7-19)16(21)23-17/h2-6,10H,9H2,1H3,(H2,21,23)(H,22,24)/t10-/m1/s1. The van der Waals surface area contributed by atoms with Crippen LogP contribution in [0.2, 0.25) is 5.02 Å². The number of nitrogen functional groups attached to an aromatic ring is 1. The van der Waals surface area contributed by atoms with Gasteiger partial charge in [-0.15, -0.1) is 0 Å². The van der Waals surface area contributed by atoms with E-state index in [-0.39, 0.29) is 34.6 Å². The van der Waals surface area contributed by atoms with Gasteiger partial charge in [0.05, 0.1) is 22.9 Å². The van der Waals surface area contributed by atoms with Crippen LogP contribution in [0.25, 0.3) is 0 Å². The average Bonchev–Trinajstić information content (AvgIpc) is 2.60. The van der Waals surface area contributed by atoms with Gasteiger partial charge in [-0.3, -0.25) is 4.79 Å². The fourth-order valence-corrected chi connectivity index (χ4v) is 2.94. The van der Waals surface area contributed by atoms with Crippen LogP contribution in [0.4, 0.5) is 5.82 Å². The minimum Gasteiger partial charge on any atom is -0.383 e. The zero-order valence-corrected chi connectivity index (χ0v) is 14.9. The Morgan fingerprint density at radius 1 is 1.32 bits per heavy atom. The van der Waals surface area contributed by atoms with E-state index >= 15 is 0 Å². The molecule has 2 rings (SSSR count). The lowest BCUT2D eigenvalue weighted by Crippen LogP contribution is -2.28. The third kappa shape index (κ3) is 4.87. The van der Waals surface area contributed by atoms with Gasteiger partial charge in [0.2, 0.25) is 5.91 Å². The quantitative estimate of drug-likeness (QED) is 0.780. The number of nitrogens with zero attached hydrogens (tertiary/aromatic N) is 3. The van der Waals surface area contributed by atoms with Crippen LogP contribution >= 0.6 is 23.4 Å². The van der Waals surface area contributed by atoms with E-state index in [9.17, 15) is 4.79 Å². The molecule has 2 aromatic rings. The minimum atomic E-state index is -0.207. The number of rotatable bonds is 5. The van der Waals surface area contributed by atoms with Crippen molar-refractivity contribution in [3.8, 4) is 12.1 Å². The monoisotopic (exact) mass is 371 g/mol. The normalized spacial score (nSPS) is 11.2. The molecule has 0 aliphatic rings. The van der Waals surface area contributed by atoms with Gasteiger partial charge in [-0.1, -0.05) is 35.5 Å². The minimum absolute atomic E-state index is 0.0407. The second-order valence-corrected chi connectivity index (χ2v) is 6.53. The number of carbonyl (C=O) groups excluding carboxylic acids is 1. The first-order valence-electron chi connectivity index (χ1n) is 7.23. The zero-order chi connectivity index (χ0) is 18.4. The van der Waals surface area contributed by atoms with E-state index in [0.717, 1.165) is 17.3 Å². The lowest BCUT2D eigenvalue weighted by molar-refractivity contribution is -0.119. The molecular formula is C17H14ClN5OS. The van der Waals surface area contributed by atoms with Crippen LogP contribution in [-0.2, 0) is 4.79 Å². The molecule has 0 aliphatic carbocycles. The molecule has 0 spiro atoms. The third-order valence-electron chi connectivity index (χ3n) is 3.35. The summed E-state index contributed by atoms with van der Waals surface area (Å²) >= 11 is 6.94. The molecule has 3 N–H and O–H groups in total. The summed E-state index contributed by atoms with van der Waals surface area (Å²) in [5.74, 6) is -0.0923. The Kier molecular flexibility index (Phi) is 6.24. The van der Waals surface area contributed by atoms with Crippen LogP contribution in [0.1, 0.15) is 29.7 Å². The molecule has 126 valence electrons. The van der Waals surface area contributed by atoms with E-state index in [1.165, 1.54) is 6.07 Å². The highest BCUT2D eigenvalue weighted by Crippen LogP contribution is 2.24. The van der Waals surface area contributed by atoms with E-state index < -0.39 is 0 Å². The maximum Gasteiger partial charge on any atom is 0.230 e. The number of nitrogens with one attached hydrogen (secondary N) is 1. The van der Waals surface area contributed by atoms with E-state index in [1.54, 1.807) is 12.1 Å². The number of thioether (sulfide) groups is 1. The lowest BCUT2D eigenvalue weighted by atomic mass is 10.1. The summed E-state index contributed by atoms with van der Waals surface area (Å²) in [5, 5.41) is 21.9. The summed E-state index contributed by atoms with van der Waals surface area (Å²) in [6, 6.07) is 12.2. The topological polar surface area (TPSA) is 116 Å². The Balaban J connectivity index is 2.00. The van der Waals surface area contributed by atoms with Gasteiger partial charge in [-0.25, -0.2) is 4.98 Å². The van der Waals surface area contributed by atoms with E-state index in [1.807, 2.05) is 31.2 Å². The van der Waals surface area contributed by atoms with Crippen molar-refractivity contribution < 1.29 is 4.79 Å². The molecule has 0 bridgehead atoms. The predicted molar refractivity (Wildman–Crippen MR) is 96.8 cm³/mol. The summed E-state index contributed by atoms with van der Waals surface area (Å²) in [5.41, 5.74) is 6.95. The second-order valence-electron chi connectivity index (χ2n) is 5.13. The van der Waals surface area contributed by atoms with Gasteiger partial charge in [0, 0.05) is 5.02 Å². The van der Waals surface area contributed by atoms with E-state index in [0.29, 0.717) is 10.0 Å². The van der Waals surface area contributed by atoms with Gasteiger partial charge >= 0.3 is 0 Å². The van der Waals surface area contributed by atoms with Gasteiger partial charge < -0.3 is 11.1 Å². The summed E-state index contributed by atoms with van der Waals surface area (Å²) in [4.78, 5) is 16.2. The number of nitrogens with two attached hydrogens (primary N) is 1. The molecule has 1 atom stereocenters. The Morgan fingerprint density at radius 3 is 2.56 bits per heavy atom. The number of pyridine rings is 1. The molecule has 1 aromatic carbocycles. The molecule has 0 saturated heterocycles. The number of aromatic nitrogens is 1. The van der Waals surface area contributed by atoms with Crippen molar-refractivity contribution in [2.24, 2.45) is 0 Å². The molecule has 0 aliphatic heterocycles. The van der Waals surface area contributed by atoms with Crippen molar-refractivity contribution in [1.29, 1.82) is 10.5 Å². The lowest BCUT2D eigenvalue weighted by Gasteiger charge is -2.14. The third-order valence-corrected chi connectivity index (χ3v) is 4.59. The number of amides is 1. The maximum absolute atomic E-state index is 12.1. The van der Waals surface area contributed by atoms with Gasteiger partial charge in [0.1, 0.15) is 23.0 Å². The van der Waals surface area contributed by atoms with Crippen LogP contribution < -0.4 is 11.1 Å².